The summed E-state index contributed by atoms with van der Waals surface area (Å²) in [5, 5.41) is 3.06. The molecule has 9 nitrogen and oxygen atoms in total. The second-order valence-corrected chi connectivity index (χ2v) is 8.25. The van der Waals surface area contributed by atoms with E-state index in [-0.39, 0.29) is 11.8 Å². The number of likely N-dealkylation sites (tertiary alicyclic amines) is 1. The predicted octanol–water partition coefficient (Wildman–Crippen LogP) is 2.70. The number of amides is 1. The number of carbonyl (C=O) groups is 1. The molecule has 0 radical (unpaired) electrons. The number of nitrogens with one attached hydrogen (secondary N) is 1. The molecule has 5 rings (SSSR count). The van der Waals surface area contributed by atoms with Gasteiger partial charge in [-0.05, 0) is 38.1 Å². The lowest BCUT2D eigenvalue weighted by molar-refractivity contribution is -0.121. The molecular formula is C24H27N5O4. The minimum Gasteiger partial charge on any atom is -0.486 e. The Morgan fingerprint density at radius 2 is 1.97 bits per heavy atom. The van der Waals surface area contributed by atoms with E-state index < -0.39 is 0 Å². The minimum atomic E-state index is -0.0255. The molecule has 2 aliphatic heterocycles. The molecule has 0 aromatic carbocycles. The van der Waals surface area contributed by atoms with Crippen LogP contribution in [0.25, 0.3) is 11.0 Å². The molecule has 33 heavy (non-hydrogen) atoms. The van der Waals surface area contributed by atoms with Crippen LogP contribution in [0.5, 0.6) is 17.4 Å². The SMILES string of the molecule is COc1ccc2nccc(NC(=O)C3CCN(CCc4cc5c(cn4)OCCO5)CC3)c2n1. The summed E-state index contributed by atoms with van der Waals surface area (Å²) in [6.07, 6.45) is 5.90. The van der Waals surface area contributed by atoms with Gasteiger partial charge in [-0.1, -0.05) is 0 Å². The molecule has 5 heterocycles. The quantitative estimate of drug-likeness (QED) is 0.613. The second kappa shape index (κ2) is 9.58. The predicted molar refractivity (Wildman–Crippen MR) is 123 cm³/mol. The van der Waals surface area contributed by atoms with E-state index in [2.05, 4.69) is 25.2 Å². The highest BCUT2D eigenvalue weighted by Gasteiger charge is 2.25. The van der Waals surface area contributed by atoms with Crippen molar-refractivity contribution in [1.82, 2.24) is 19.9 Å². The second-order valence-electron chi connectivity index (χ2n) is 8.25. The maximum absolute atomic E-state index is 12.9. The first-order valence-corrected chi connectivity index (χ1v) is 11.3. The van der Waals surface area contributed by atoms with Crippen LogP contribution in [0, 0.1) is 5.92 Å². The molecular weight excluding hydrogens is 422 g/mol. The van der Waals surface area contributed by atoms with Crippen molar-refractivity contribution >= 4 is 22.6 Å². The number of piperidine rings is 1. The third kappa shape index (κ3) is 4.83. The number of rotatable bonds is 6. The molecule has 3 aromatic rings. The third-order valence-electron chi connectivity index (χ3n) is 6.15. The van der Waals surface area contributed by atoms with Gasteiger partial charge < -0.3 is 24.4 Å². The molecule has 0 unspecified atom stereocenters. The van der Waals surface area contributed by atoms with Crippen LogP contribution < -0.4 is 19.5 Å². The van der Waals surface area contributed by atoms with E-state index in [1.165, 1.54) is 0 Å². The topological polar surface area (TPSA) is 98.7 Å². The van der Waals surface area contributed by atoms with Crippen LogP contribution in [0.2, 0.25) is 0 Å². The van der Waals surface area contributed by atoms with E-state index in [9.17, 15) is 4.79 Å². The van der Waals surface area contributed by atoms with Gasteiger partial charge in [0.15, 0.2) is 11.5 Å². The molecule has 1 saturated heterocycles. The molecule has 2 aliphatic rings. The average molecular weight is 450 g/mol. The first-order chi connectivity index (χ1) is 16.2. The Balaban J connectivity index is 1.14. The Hall–Kier alpha value is -3.46. The summed E-state index contributed by atoms with van der Waals surface area (Å²) in [6, 6.07) is 7.35. The molecule has 0 spiro atoms. The Labute approximate surface area is 192 Å². The zero-order valence-corrected chi connectivity index (χ0v) is 18.6. The molecule has 9 heteroatoms. The number of nitrogens with zero attached hydrogens (tertiary/aromatic N) is 4. The summed E-state index contributed by atoms with van der Waals surface area (Å²) < 4.78 is 16.4. The van der Waals surface area contributed by atoms with E-state index in [4.69, 9.17) is 14.2 Å². The largest absolute Gasteiger partial charge is 0.486 e. The summed E-state index contributed by atoms with van der Waals surface area (Å²) in [7, 11) is 1.57. The minimum absolute atomic E-state index is 0.0255. The summed E-state index contributed by atoms with van der Waals surface area (Å²) in [5.74, 6) is 1.99. The van der Waals surface area contributed by atoms with Gasteiger partial charge >= 0.3 is 0 Å². The molecule has 0 atom stereocenters. The van der Waals surface area contributed by atoms with Crippen molar-refractivity contribution in [3.8, 4) is 17.4 Å². The molecule has 172 valence electrons. The summed E-state index contributed by atoms with van der Waals surface area (Å²) in [4.78, 5) is 28.6. The fourth-order valence-corrected chi connectivity index (χ4v) is 4.27. The first kappa shape index (κ1) is 21.4. The van der Waals surface area contributed by atoms with Crippen LogP contribution in [-0.2, 0) is 11.2 Å². The first-order valence-electron chi connectivity index (χ1n) is 11.3. The number of methoxy groups -OCH3 is 1. The van der Waals surface area contributed by atoms with Crippen molar-refractivity contribution < 1.29 is 19.0 Å². The van der Waals surface area contributed by atoms with Crippen molar-refractivity contribution in [2.24, 2.45) is 5.92 Å². The molecule has 1 amide bonds. The maximum atomic E-state index is 12.9. The van der Waals surface area contributed by atoms with Gasteiger partial charge in [0, 0.05) is 42.9 Å². The highest BCUT2D eigenvalue weighted by atomic mass is 16.6. The number of fused-ring (bicyclic) bond motifs is 2. The van der Waals surface area contributed by atoms with Crippen LogP contribution in [0.4, 0.5) is 5.69 Å². The summed E-state index contributed by atoms with van der Waals surface area (Å²) in [6.45, 7) is 3.81. The van der Waals surface area contributed by atoms with Crippen molar-refractivity contribution in [2.75, 3.05) is 45.3 Å². The normalized spacial score (nSPS) is 16.5. The van der Waals surface area contributed by atoms with Gasteiger partial charge in [0.05, 0.1) is 24.5 Å². The molecule has 0 bridgehead atoms. The van der Waals surface area contributed by atoms with Crippen LogP contribution in [0.15, 0.2) is 36.7 Å². The number of pyridine rings is 3. The fraction of sp³-hybridized carbons (Fsp3) is 0.417. The van der Waals surface area contributed by atoms with E-state index in [0.717, 1.165) is 55.9 Å². The highest BCUT2D eigenvalue weighted by molar-refractivity contribution is 6.00. The Morgan fingerprint density at radius 3 is 2.79 bits per heavy atom. The van der Waals surface area contributed by atoms with Gasteiger partial charge in [-0.2, -0.15) is 0 Å². The lowest BCUT2D eigenvalue weighted by atomic mass is 9.95. The fourth-order valence-electron chi connectivity index (χ4n) is 4.27. The van der Waals surface area contributed by atoms with E-state index >= 15 is 0 Å². The molecule has 1 fully saturated rings. The number of carbonyl (C=O) groups excluding carboxylic acids is 1. The van der Waals surface area contributed by atoms with Crippen molar-refractivity contribution in [3.05, 3.63) is 42.4 Å². The molecule has 0 aliphatic carbocycles. The van der Waals surface area contributed by atoms with Gasteiger partial charge in [-0.15, -0.1) is 0 Å². The van der Waals surface area contributed by atoms with E-state index in [1.54, 1.807) is 31.6 Å². The molecule has 0 saturated carbocycles. The van der Waals surface area contributed by atoms with E-state index in [0.29, 0.717) is 36.0 Å². The molecule has 3 aromatic heterocycles. The third-order valence-corrected chi connectivity index (χ3v) is 6.15. The number of ether oxygens (including phenoxy) is 3. The number of hydrogen-bond acceptors (Lipinski definition) is 8. The van der Waals surface area contributed by atoms with Crippen molar-refractivity contribution in [2.45, 2.75) is 19.3 Å². The monoisotopic (exact) mass is 449 g/mol. The Bertz CT molecular complexity index is 1150. The lowest BCUT2D eigenvalue weighted by Crippen LogP contribution is -2.39. The van der Waals surface area contributed by atoms with Crippen LogP contribution in [0.3, 0.4) is 0 Å². The average Bonchev–Trinajstić information content (AvgIpc) is 2.87. The van der Waals surface area contributed by atoms with Crippen LogP contribution in [-0.4, -0.2) is 65.7 Å². The van der Waals surface area contributed by atoms with Gasteiger partial charge in [0.25, 0.3) is 0 Å². The van der Waals surface area contributed by atoms with Crippen molar-refractivity contribution in [1.29, 1.82) is 0 Å². The lowest BCUT2D eigenvalue weighted by Gasteiger charge is -2.31. The summed E-state index contributed by atoms with van der Waals surface area (Å²) >= 11 is 0. The van der Waals surface area contributed by atoms with Gasteiger partial charge in [-0.3, -0.25) is 14.8 Å². The zero-order chi connectivity index (χ0) is 22.6. The molecule has 1 N–H and O–H groups in total. The van der Waals surface area contributed by atoms with Crippen LogP contribution in [0.1, 0.15) is 18.5 Å². The zero-order valence-electron chi connectivity index (χ0n) is 18.6. The Kier molecular flexibility index (Phi) is 6.21. The van der Waals surface area contributed by atoms with Crippen molar-refractivity contribution in [3.63, 3.8) is 0 Å². The smallest absolute Gasteiger partial charge is 0.227 e. The maximum Gasteiger partial charge on any atom is 0.227 e. The van der Waals surface area contributed by atoms with Gasteiger partial charge in [0.1, 0.15) is 18.7 Å². The van der Waals surface area contributed by atoms with Gasteiger partial charge in [-0.25, -0.2) is 4.98 Å². The number of hydrogen-bond donors (Lipinski definition) is 1. The highest BCUT2D eigenvalue weighted by Crippen LogP contribution is 2.30. The number of anilines is 1. The standard InChI is InChI=1S/C24H27N5O4/c1-31-22-3-2-18-23(28-22)19(4-8-25-18)27-24(30)16-5-9-29(10-6-16)11-7-17-14-20-21(15-26-17)33-13-12-32-20/h2-4,8,14-16H,5-7,9-13H2,1H3,(H,25,27,30). The number of aromatic nitrogens is 3. The Morgan fingerprint density at radius 1 is 1.15 bits per heavy atom. The summed E-state index contributed by atoms with van der Waals surface area (Å²) in [5.41, 5.74) is 3.01. The van der Waals surface area contributed by atoms with E-state index in [1.807, 2.05) is 12.1 Å². The van der Waals surface area contributed by atoms with Crippen LogP contribution >= 0.6 is 0 Å². The van der Waals surface area contributed by atoms with Gasteiger partial charge in [0.2, 0.25) is 11.8 Å².